The predicted molar refractivity (Wildman–Crippen MR) is 73.1 cm³/mol. The van der Waals surface area contributed by atoms with E-state index in [1.165, 1.54) is 6.92 Å². The topological polar surface area (TPSA) is 95.9 Å². The van der Waals surface area contributed by atoms with Gasteiger partial charge in [0.1, 0.15) is 5.52 Å². The normalized spacial score (nSPS) is 21.7. The van der Waals surface area contributed by atoms with Crippen LogP contribution in [0.5, 0.6) is 0 Å². The quantitative estimate of drug-likeness (QED) is 0.682. The number of nitrogen functional groups attached to an aromatic ring is 1. The Morgan fingerprint density at radius 2 is 2.30 bits per heavy atom. The van der Waals surface area contributed by atoms with E-state index in [4.69, 9.17) is 22.1 Å². The number of nitrogens with two attached hydrogens (primary N) is 1. The number of esters is 1. The Labute approximate surface area is 120 Å². The molecule has 0 radical (unpaired) electrons. The van der Waals surface area contributed by atoms with Crippen molar-refractivity contribution in [2.75, 3.05) is 12.3 Å². The van der Waals surface area contributed by atoms with Crippen molar-refractivity contribution in [3.05, 3.63) is 11.5 Å². The fourth-order valence-corrected chi connectivity index (χ4v) is 2.68. The molecule has 1 aliphatic rings. The first-order chi connectivity index (χ1) is 9.54. The summed E-state index contributed by atoms with van der Waals surface area (Å²) in [5.41, 5.74) is 6.83. The molecule has 2 aromatic rings. The third-order valence-corrected chi connectivity index (χ3v) is 3.79. The van der Waals surface area contributed by atoms with E-state index in [0.29, 0.717) is 23.7 Å². The van der Waals surface area contributed by atoms with E-state index < -0.39 is 0 Å². The number of anilines is 1. The highest BCUT2D eigenvalue weighted by atomic mass is 35.5. The molecular weight excluding hydrogens is 282 g/mol. The van der Waals surface area contributed by atoms with E-state index in [-0.39, 0.29) is 23.1 Å². The van der Waals surface area contributed by atoms with E-state index in [1.54, 1.807) is 6.33 Å². The zero-order valence-electron chi connectivity index (χ0n) is 10.9. The lowest BCUT2D eigenvalue weighted by molar-refractivity contribution is -0.143. The highest BCUT2D eigenvalue weighted by Gasteiger charge is 2.32. The molecule has 0 spiro atoms. The van der Waals surface area contributed by atoms with Gasteiger partial charge >= 0.3 is 5.97 Å². The second-order valence-corrected chi connectivity index (χ2v) is 5.35. The van der Waals surface area contributed by atoms with Gasteiger partial charge in [0, 0.05) is 13.0 Å². The number of hydrogen-bond acceptors (Lipinski definition) is 6. The lowest BCUT2D eigenvalue weighted by Crippen LogP contribution is -2.30. The second kappa shape index (κ2) is 4.90. The number of carbonyl (C=O) groups excluding carboxylic acids is 1. The molecule has 2 heterocycles. The molecule has 0 aromatic carbocycles. The van der Waals surface area contributed by atoms with E-state index in [2.05, 4.69) is 15.0 Å². The molecule has 106 valence electrons. The number of carbonyl (C=O) groups is 1. The van der Waals surface area contributed by atoms with Gasteiger partial charge in [-0.2, -0.15) is 9.97 Å². The Morgan fingerprint density at radius 3 is 3.00 bits per heavy atom. The van der Waals surface area contributed by atoms with Crippen molar-refractivity contribution in [1.29, 1.82) is 0 Å². The first kappa shape index (κ1) is 13.1. The number of aromatic nitrogens is 4. The van der Waals surface area contributed by atoms with Crippen LogP contribution in [0.2, 0.25) is 5.15 Å². The van der Waals surface area contributed by atoms with Gasteiger partial charge in [0.15, 0.2) is 10.8 Å². The fourth-order valence-electron chi connectivity index (χ4n) is 2.46. The van der Waals surface area contributed by atoms with Crippen molar-refractivity contribution >= 4 is 34.7 Å². The van der Waals surface area contributed by atoms with Gasteiger partial charge in [0.05, 0.1) is 12.9 Å². The highest BCUT2D eigenvalue weighted by molar-refractivity contribution is 6.33. The predicted octanol–water partition coefficient (Wildman–Crippen LogP) is 1.58. The Hall–Kier alpha value is -1.89. The molecule has 0 amide bonds. The molecule has 0 aliphatic heterocycles. The molecule has 20 heavy (non-hydrogen) atoms. The molecule has 0 bridgehead atoms. The van der Waals surface area contributed by atoms with Gasteiger partial charge in [0.2, 0.25) is 5.95 Å². The van der Waals surface area contributed by atoms with Crippen LogP contribution in [0.1, 0.15) is 25.8 Å². The van der Waals surface area contributed by atoms with Gasteiger partial charge in [-0.25, -0.2) is 4.98 Å². The van der Waals surface area contributed by atoms with E-state index in [1.807, 2.05) is 4.57 Å². The molecule has 0 unspecified atom stereocenters. The standard InChI is InChI=1S/C12H14ClN5O2/c1-6(19)20-4-7-2-8(3-7)18-5-15-9-10(13)16-12(14)17-11(9)18/h5,7-8H,2-4H2,1H3,(H2,14,16,17). The minimum atomic E-state index is -0.242. The van der Waals surface area contributed by atoms with Crippen LogP contribution in [0.25, 0.3) is 11.2 Å². The highest BCUT2D eigenvalue weighted by Crippen LogP contribution is 2.39. The summed E-state index contributed by atoms with van der Waals surface area (Å²) in [6.07, 6.45) is 3.54. The Morgan fingerprint density at radius 1 is 1.55 bits per heavy atom. The van der Waals surface area contributed by atoms with Crippen LogP contribution >= 0.6 is 11.6 Å². The Bertz CT molecular complexity index is 665. The fraction of sp³-hybridized carbons (Fsp3) is 0.500. The van der Waals surface area contributed by atoms with Crippen LogP contribution in [0.15, 0.2) is 6.33 Å². The SMILES string of the molecule is CC(=O)OCC1CC(n2cnc3c(Cl)nc(N)nc32)C1. The Kier molecular flexibility index (Phi) is 3.21. The van der Waals surface area contributed by atoms with Gasteiger partial charge in [0.25, 0.3) is 0 Å². The molecule has 3 rings (SSSR count). The minimum Gasteiger partial charge on any atom is -0.466 e. The summed E-state index contributed by atoms with van der Waals surface area (Å²) >= 11 is 5.99. The van der Waals surface area contributed by atoms with Crippen LogP contribution in [-0.2, 0) is 9.53 Å². The van der Waals surface area contributed by atoms with E-state index in [9.17, 15) is 4.79 Å². The largest absolute Gasteiger partial charge is 0.466 e. The van der Waals surface area contributed by atoms with Gasteiger partial charge in [-0.15, -0.1) is 0 Å². The van der Waals surface area contributed by atoms with Crippen LogP contribution in [0.4, 0.5) is 5.95 Å². The number of halogens is 1. The molecular formula is C12H14ClN5O2. The van der Waals surface area contributed by atoms with Crippen LogP contribution in [0, 0.1) is 5.92 Å². The number of rotatable bonds is 3. The number of ether oxygens (including phenoxy) is 1. The average Bonchev–Trinajstić information content (AvgIpc) is 2.70. The lowest BCUT2D eigenvalue weighted by atomic mass is 9.80. The average molecular weight is 296 g/mol. The molecule has 0 atom stereocenters. The lowest BCUT2D eigenvalue weighted by Gasteiger charge is -2.35. The van der Waals surface area contributed by atoms with Crippen molar-refractivity contribution < 1.29 is 9.53 Å². The zero-order chi connectivity index (χ0) is 14.3. The van der Waals surface area contributed by atoms with Gasteiger partial charge < -0.3 is 15.0 Å². The minimum absolute atomic E-state index is 0.139. The summed E-state index contributed by atoms with van der Waals surface area (Å²) < 4.78 is 6.97. The van der Waals surface area contributed by atoms with Crippen LogP contribution in [0.3, 0.4) is 0 Å². The maximum atomic E-state index is 10.8. The van der Waals surface area contributed by atoms with Gasteiger partial charge in [-0.1, -0.05) is 11.6 Å². The zero-order valence-corrected chi connectivity index (χ0v) is 11.7. The van der Waals surface area contributed by atoms with E-state index >= 15 is 0 Å². The van der Waals surface area contributed by atoms with Crippen LogP contribution < -0.4 is 5.73 Å². The van der Waals surface area contributed by atoms with Gasteiger partial charge in [-0.3, -0.25) is 4.79 Å². The molecule has 1 fully saturated rings. The van der Waals surface area contributed by atoms with Crippen molar-refractivity contribution in [3.8, 4) is 0 Å². The summed E-state index contributed by atoms with van der Waals surface area (Å²) in [5, 5.41) is 0.266. The summed E-state index contributed by atoms with van der Waals surface area (Å²) in [4.78, 5) is 23.1. The summed E-state index contributed by atoms with van der Waals surface area (Å²) in [6, 6.07) is 0.283. The summed E-state index contributed by atoms with van der Waals surface area (Å²) in [5.74, 6) is 0.282. The van der Waals surface area contributed by atoms with Crippen molar-refractivity contribution in [2.45, 2.75) is 25.8 Å². The molecule has 1 aliphatic carbocycles. The smallest absolute Gasteiger partial charge is 0.302 e. The molecule has 2 aromatic heterocycles. The maximum Gasteiger partial charge on any atom is 0.302 e. The maximum absolute atomic E-state index is 10.8. The summed E-state index contributed by atoms with van der Waals surface area (Å²) in [6.45, 7) is 1.89. The van der Waals surface area contributed by atoms with E-state index in [0.717, 1.165) is 12.8 Å². The van der Waals surface area contributed by atoms with Crippen molar-refractivity contribution in [1.82, 2.24) is 19.5 Å². The third kappa shape index (κ3) is 2.29. The molecule has 2 N–H and O–H groups in total. The molecule has 1 saturated carbocycles. The second-order valence-electron chi connectivity index (χ2n) is 4.99. The molecule has 0 saturated heterocycles. The first-order valence-corrected chi connectivity index (χ1v) is 6.71. The number of imidazole rings is 1. The number of fused-ring (bicyclic) bond motifs is 1. The number of hydrogen-bond donors (Lipinski definition) is 1. The third-order valence-electron chi connectivity index (χ3n) is 3.52. The molecule has 8 heteroatoms. The van der Waals surface area contributed by atoms with Crippen molar-refractivity contribution in [3.63, 3.8) is 0 Å². The Balaban J connectivity index is 1.75. The van der Waals surface area contributed by atoms with Gasteiger partial charge in [-0.05, 0) is 18.8 Å². The van der Waals surface area contributed by atoms with Crippen LogP contribution in [-0.4, -0.2) is 32.1 Å². The first-order valence-electron chi connectivity index (χ1n) is 6.33. The molecule has 7 nitrogen and oxygen atoms in total. The summed E-state index contributed by atoms with van der Waals surface area (Å²) in [7, 11) is 0. The van der Waals surface area contributed by atoms with Crippen molar-refractivity contribution in [2.24, 2.45) is 5.92 Å². The number of nitrogens with zero attached hydrogens (tertiary/aromatic N) is 4. The monoisotopic (exact) mass is 295 g/mol.